The number of carbonyl (C=O) groups is 1. The summed E-state index contributed by atoms with van der Waals surface area (Å²) >= 11 is 0. The van der Waals surface area contributed by atoms with Crippen molar-refractivity contribution >= 4 is 22.7 Å². The molecule has 146 valence electrons. The first-order valence-electron chi connectivity index (χ1n) is 9.68. The number of carboxylic acid groups (broad SMARTS) is 1. The Balaban J connectivity index is 1.80. The number of terminal acetylenes is 1. The Morgan fingerprint density at radius 2 is 2.07 bits per heavy atom. The maximum Gasteiger partial charge on any atom is 0.412 e. The molecule has 1 heterocycles. The minimum Gasteiger partial charge on any atom is -0.465 e. The lowest BCUT2D eigenvalue weighted by atomic mass is 10.0. The molecule has 0 aliphatic heterocycles. The van der Waals surface area contributed by atoms with Gasteiger partial charge >= 0.3 is 6.09 Å². The van der Waals surface area contributed by atoms with Crippen LogP contribution in [-0.2, 0) is 13.0 Å². The summed E-state index contributed by atoms with van der Waals surface area (Å²) in [6, 6.07) is 15.6. The van der Waals surface area contributed by atoms with Crippen LogP contribution in [0.15, 0.2) is 54.7 Å². The third-order valence-corrected chi connectivity index (χ3v) is 5.52. The largest absolute Gasteiger partial charge is 0.465 e. The second kappa shape index (κ2) is 7.94. The SMILES string of the molecule is C#CCN(C)Cc1ccc(N(C(=O)O)[C@@H]2CCc3ccccc32)c2ncccc12. The summed E-state index contributed by atoms with van der Waals surface area (Å²) in [4.78, 5) is 20.4. The second-order valence-corrected chi connectivity index (χ2v) is 7.43. The van der Waals surface area contributed by atoms with Gasteiger partial charge < -0.3 is 5.11 Å². The highest BCUT2D eigenvalue weighted by Crippen LogP contribution is 2.40. The zero-order valence-electron chi connectivity index (χ0n) is 16.4. The molecule has 0 saturated heterocycles. The summed E-state index contributed by atoms with van der Waals surface area (Å²) in [5.74, 6) is 2.65. The van der Waals surface area contributed by atoms with E-state index in [0.717, 1.165) is 29.4 Å². The van der Waals surface area contributed by atoms with Crippen LogP contribution in [0.25, 0.3) is 10.9 Å². The van der Waals surface area contributed by atoms with Crippen molar-refractivity contribution in [2.24, 2.45) is 0 Å². The first-order chi connectivity index (χ1) is 14.1. The molecule has 1 aliphatic carbocycles. The van der Waals surface area contributed by atoms with E-state index in [1.807, 2.05) is 54.4 Å². The molecule has 1 aromatic heterocycles. The molecule has 5 nitrogen and oxygen atoms in total. The highest BCUT2D eigenvalue weighted by molar-refractivity contribution is 6.00. The van der Waals surface area contributed by atoms with E-state index in [9.17, 15) is 9.90 Å². The fourth-order valence-corrected chi connectivity index (χ4v) is 4.26. The maximum absolute atomic E-state index is 12.4. The fraction of sp³-hybridized carbons (Fsp3) is 0.250. The van der Waals surface area contributed by atoms with Crippen LogP contribution < -0.4 is 4.90 Å². The topological polar surface area (TPSA) is 56.7 Å². The molecule has 5 heteroatoms. The van der Waals surface area contributed by atoms with Gasteiger partial charge in [-0.2, -0.15) is 0 Å². The normalized spacial score (nSPS) is 15.3. The van der Waals surface area contributed by atoms with E-state index in [-0.39, 0.29) is 6.04 Å². The van der Waals surface area contributed by atoms with Crippen molar-refractivity contribution in [3.63, 3.8) is 0 Å². The number of hydrogen-bond acceptors (Lipinski definition) is 3. The van der Waals surface area contributed by atoms with E-state index >= 15 is 0 Å². The van der Waals surface area contributed by atoms with Gasteiger partial charge in [0.05, 0.1) is 23.8 Å². The Morgan fingerprint density at radius 1 is 1.24 bits per heavy atom. The Bertz CT molecular complexity index is 1100. The number of anilines is 1. The molecular formula is C24H23N3O2. The van der Waals surface area contributed by atoms with Gasteiger partial charge in [0.15, 0.2) is 0 Å². The number of aryl methyl sites for hydroxylation is 1. The van der Waals surface area contributed by atoms with Crippen LogP contribution in [0.3, 0.4) is 0 Å². The summed E-state index contributed by atoms with van der Waals surface area (Å²) in [5.41, 5.74) is 4.70. The lowest BCUT2D eigenvalue weighted by molar-refractivity contribution is 0.199. The Hall–Kier alpha value is -3.36. The van der Waals surface area contributed by atoms with Crippen LogP contribution in [-0.4, -0.2) is 34.7 Å². The molecule has 0 saturated carbocycles. The van der Waals surface area contributed by atoms with Crippen molar-refractivity contribution in [2.75, 3.05) is 18.5 Å². The smallest absolute Gasteiger partial charge is 0.412 e. The Kier molecular flexibility index (Phi) is 5.20. The lowest BCUT2D eigenvalue weighted by Gasteiger charge is -2.28. The van der Waals surface area contributed by atoms with Gasteiger partial charge in [0.2, 0.25) is 0 Å². The summed E-state index contributed by atoms with van der Waals surface area (Å²) in [7, 11) is 1.97. The van der Waals surface area contributed by atoms with E-state index in [1.54, 1.807) is 6.20 Å². The van der Waals surface area contributed by atoms with Crippen LogP contribution in [0.2, 0.25) is 0 Å². The van der Waals surface area contributed by atoms with Gasteiger partial charge in [-0.05, 0) is 48.7 Å². The van der Waals surface area contributed by atoms with E-state index < -0.39 is 6.09 Å². The molecule has 0 radical (unpaired) electrons. The summed E-state index contributed by atoms with van der Waals surface area (Å²) in [5, 5.41) is 11.1. The fourth-order valence-electron chi connectivity index (χ4n) is 4.26. The molecule has 0 bridgehead atoms. The van der Waals surface area contributed by atoms with Crippen molar-refractivity contribution in [1.29, 1.82) is 0 Å². The van der Waals surface area contributed by atoms with Crippen molar-refractivity contribution < 1.29 is 9.90 Å². The van der Waals surface area contributed by atoms with Crippen LogP contribution in [0, 0.1) is 12.3 Å². The number of aromatic nitrogens is 1. The number of hydrogen-bond donors (Lipinski definition) is 1. The van der Waals surface area contributed by atoms with Crippen LogP contribution >= 0.6 is 0 Å². The zero-order valence-corrected chi connectivity index (χ0v) is 16.4. The van der Waals surface area contributed by atoms with Crippen molar-refractivity contribution in [1.82, 2.24) is 9.88 Å². The van der Waals surface area contributed by atoms with Gasteiger partial charge in [0.25, 0.3) is 0 Å². The first-order valence-corrected chi connectivity index (χ1v) is 9.68. The van der Waals surface area contributed by atoms with E-state index in [1.165, 1.54) is 10.5 Å². The first kappa shape index (κ1) is 19.0. The van der Waals surface area contributed by atoms with Crippen LogP contribution in [0.5, 0.6) is 0 Å². The third kappa shape index (κ3) is 3.55. The van der Waals surface area contributed by atoms with Crippen LogP contribution in [0.1, 0.15) is 29.2 Å². The average molecular weight is 385 g/mol. The molecule has 0 fully saturated rings. The maximum atomic E-state index is 12.4. The van der Waals surface area contributed by atoms with E-state index in [0.29, 0.717) is 24.3 Å². The van der Waals surface area contributed by atoms with Gasteiger partial charge in [-0.1, -0.05) is 42.3 Å². The molecule has 29 heavy (non-hydrogen) atoms. The lowest BCUT2D eigenvalue weighted by Crippen LogP contribution is -2.33. The Morgan fingerprint density at radius 3 is 2.86 bits per heavy atom. The highest BCUT2D eigenvalue weighted by atomic mass is 16.4. The minimum atomic E-state index is -0.962. The number of pyridine rings is 1. The molecule has 4 rings (SSSR count). The quantitative estimate of drug-likeness (QED) is 0.659. The summed E-state index contributed by atoms with van der Waals surface area (Å²) < 4.78 is 0. The highest BCUT2D eigenvalue weighted by Gasteiger charge is 2.33. The molecule has 0 unspecified atom stereocenters. The number of benzene rings is 2. The van der Waals surface area contributed by atoms with Gasteiger partial charge in [-0.25, -0.2) is 4.79 Å². The van der Waals surface area contributed by atoms with Gasteiger partial charge in [-0.3, -0.25) is 14.8 Å². The second-order valence-electron chi connectivity index (χ2n) is 7.43. The molecule has 1 N–H and O–H groups in total. The van der Waals surface area contributed by atoms with Crippen molar-refractivity contribution in [2.45, 2.75) is 25.4 Å². The van der Waals surface area contributed by atoms with Crippen molar-refractivity contribution in [3.05, 3.63) is 71.4 Å². The predicted molar refractivity (Wildman–Crippen MR) is 115 cm³/mol. The molecule has 3 aromatic rings. The molecule has 1 aliphatic rings. The molecular weight excluding hydrogens is 362 g/mol. The van der Waals surface area contributed by atoms with Gasteiger partial charge in [0, 0.05) is 18.1 Å². The number of nitrogens with zero attached hydrogens (tertiary/aromatic N) is 3. The zero-order chi connectivity index (χ0) is 20.4. The van der Waals surface area contributed by atoms with Gasteiger partial charge in [0.1, 0.15) is 0 Å². The third-order valence-electron chi connectivity index (χ3n) is 5.52. The average Bonchev–Trinajstić information content (AvgIpc) is 3.13. The molecule has 1 amide bonds. The number of fused-ring (bicyclic) bond motifs is 2. The molecule has 0 spiro atoms. The standard InChI is InChI=1S/C24H23N3O2/c1-3-15-26(2)16-18-11-13-22(23-20(18)9-6-14-25-23)27(24(28)29)21-12-10-17-7-4-5-8-19(17)21/h1,4-9,11,13-14,21H,10,12,15-16H2,2H3,(H,28,29)/t21-/m1/s1. The van der Waals surface area contributed by atoms with E-state index in [2.05, 4.69) is 17.0 Å². The predicted octanol–water partition coefficient (Wildman–Crippen LogP) is 4.47. The minimum absolute atomic E-state index is 0.205. The molecule has 2 aromatic carbocycles. The van der Waals surface area contributed by atoms with Crippen LogP contribution in [0.4, 0.5) is 10.5 Å². The van der Waals surface area contributed by atoms with Gasteiger partial charge in [-0.15, -0.1) is 6.42 Å². The number of rotatable bonds is 5. The molecule has 1 atom stereocenters. The monoisotopic (exact) mass is 385 g/mol. The summed E-state index contributed by atoms with van der Waals surface area (Å²) in [6.07, 6.45) is 7.83. The summed E-state index contributed by atoms with van der Waals surface area (Å²) in [6.45, 7) is 1.22. The van der Waals surface area contributed by atoms with E-state index in [4.69, 9.17) is 6.42 Å². The van der Waals surface area contributed by atoms with Crippen molar-refractivity contribution in [3.8, 4) is 12.3 Å². The Labute approximate surface area is 170 Å². The number of amides is 1.